The molecule has 42 heavy (non-hydrogen) atoms. The van der Waals surface area contributed by atoms with Crippen LogP contribution in [0.2, 0.25) is 0 Å². The topological polar surface area (TPSA) is 79.8 Å². The molecular weight excluding hydrogens is 603 g/mol. The molecule has 0 saturated heterocycles. The number of pyridine rings is 1. The summed E-state index contributed by atoms with van der Waals surface area (Å²) in [6.45, 7) is 8.07. The lowest BCUT2D eigenvalue weighted by atomic mass is 10.1. The lowest BCUT2D eigenvalue weighted by molar-refractivity contribution is 0.0601. The van der Waals surface area contributed by atoms with Crippen LogP contribution in [-0.2, 0) is 29.0 Å². The number of halogens is 2. The van der Waals surface area contributed by atoms with E-state index in [2.05, 4.69) is 30.3 Å². The van der Waals surface area contributed by atoms with Gasteiger partial charge in [0.2, 0.25) is 5.88 Å². The number of nitrogens with zero attached hydrogens (tertiary/aromatic N) is 4. The summed E-state index contributed by atoms with van der Waals surface area (Å²) in [7, 11) is 3.01. The Kier molecular flexibility index (Phi) is 8.91. The van der Waals surface area contributed by atoms with Crippen molar-refractivity contribution in [2.24, 2.45) is 0 Å². The minimum Gasteiger partial charge on any atom is -0.473 e. The molecule has 0 atom stereocenters. The van der Waals surface area contributed by atoms with Crippen LogP contribution < -0.4 is 4.74 Å². The second-order valence-corrected chi connectivity index (χ2v) is 10.2. The first-order valence-corrected chi connectivity index (χ1v) is 13.8. The highest BCUT2D eigenvalue weighted by atomic mass is 79.9. The van der Waals surface area contributed by atoms with Crippen LogP contribution in [0.5, 0.6) is 5.88 Å². The summed E-state index contributed by atoms with van der Waals surface area (Å²) >= 11 is 3.72. The van der Waals surface area contributed by atoms with Crippen molar-refractivity contribution in [1.82, 2.24) is 14.5 Å². The van der Waals surface area contributed by atoms with E-state index in [4.69, 9.17) is 25.8 Å². The van der Waals surface area contributed by atoms with Crippen molar-refractivity contribution >= 4 is 38.6 Å². The van der Waals surface area contributed by atoms with Crippen molar-refractivity contribution in [3.05, 3.63) is 117 Å². The van der Waals surface area contributed by atoms with Crippen LogP contribution in [0.4, 0.5) is 10.1 Å². The fourth-order valence-electron chi connectivity index (χ4n) is 4.54. The highest BCUT2D eigenvalue weighted by molar-refractivity contribution is 9.10. The number of hydrogen-bond donors (Lipinski definition) is 0. The van der Waals surface area contributed by atoms with Gasteiger partial charge in [0.15, 0.2) is 5.69 Å². The van der Waals surface area contributed by atoms with Crippen molar-refractivity contribution in [1.29, 1.82) is 0 Å². The number of fused-ring (bicyclic) bond motifs is 1. The molecular formula is C32H26BrFN4O4. The zero-order chi connectivity index (χ0) is 29.6. The molecule has 5 rings (SSSR count). The third-order valence-electron chi connectivity index (χ3n) is 6.73. The predicted molar refractivity (Wildman–Crippen MR) is 160 cm³/mol. The molecule has 3 aromatic carbocycles. The largest absolute Gasteiger partial charge is 0.473 e. The van der Waals surface area contributed by atoms with Crippen molar-refractivity contribution in [3.63, 3.8) is 0 Å². The minimum absolute atomic E-state index is 0.00556. The Morgan fingerprint density at radius 3 is 2.60 bits per heavy atom. The molecule has 0 unspecified atom stereocenters. The average Bonchev–Trinajstić information content (AvgIpc) is 3.35. The van der Waals surface area contributed by atoms with E-state index in [-0.39, 0.29) is 12.3 Å². The fourth-order valence-corrected chi connectivity index (χ4v) is 5.05. The van der Waals surface area contributed by atoms with Gasteiger partial charge >= 0.3 is 5.97 Å². The molecule has 5 aromatic rings. The third kappa shape index (κ3) is 6.33. The van der Waals surface area contributed by atoms with Gasteiger partial charge in [0.25, 0.3) is 0 Å². The van der Waals surface area contributed by atoms with Gasteiger partial charge in [-0.3, -0.25) is 0 Å². The Labute approximate surface area is 250 Å². The van der Waals surface area contributed by atoms with Crippen molar-refractivity contribution < 1.29 is 23.4 Å². The monoisotopic (exact) mass is 628 g/mol. The summed E-state index contributed by atoms with van der Waals surface area (Å²) in [5.74, 6) is 0.308. The molecule has 212 valence electrons. The predicted octanol–water partition coefficient (Wildman–Crippen LogP) is 7.15. The summed E-state index contributed by atoms with van der Waals surface area (Å²) in [4.78, 5) is 24.8. The molecule has 8 nitrogen and oxygen atoms in total. The van der Waals surface area contributed by atoms with Gasteiger partial charge in [-0.05, 0) is 42.0 Å². The van der Waals surface area contributed by atoms with Crippen LogP contribution in [0.25, 0.3) is 27.1 Å². The van der Waals surface area contributed by atoms with Gasteiger partial charge in [-0.25, -0.2) is 24.0 Å². The molecule has 0 saturated carbocycles. The molecule has 2 heterocycles. The van der Waals surface area contributed by atoms with E-state index in [0.717, 1.165) is 32.5 Å². The van der Waals surface area contributed by atoms with E-state index in [1.807, 2.05) is 36.4 Å². The van der Waals surface area contributed by atoms with Crippen molar-refractivity contribution in [2.45, 2.75) is 19.6 Å². The van der Waals surface area contributed by atoms with Crippen LogP contribution in [0.3, 0.4) is 0 Å². The summed E-state index contributed by atoms with van der Waals surface area (Å²) in [5.41, 5.74) is 5.26. The highest BCUT2D eigenvalue weighted by Crippen LogP contribution is 2.29. The highest BCUT2D eigenvalue weighted by Gasteiger charge is 2.16. The standard InChI is InChI=1S/C32H26BrFN4O4/c1-35-24-11-9-23(26(34)18-24)19-42-31-6-4-5-27(37-31)21-8-7-20(25(33)15-21)17-30-36-28-12-10-22(32(39)41-3)16-29(28)38(30)13-14-40-2/h4-12,15-16,18H,13-14,17,19H2,2-3H3. The molecule has 0 fully saturated rings. The summed E-state index contributed by atoms with van der Waals surface area (Å²) in [6.07, 6.45) is 0.543. The van der Waals surface area contributed by atoms with E-state index < -0.39 is 11.8 Å². The van der Waals surface area contributed by atoms with Crippen LogP contribution in [0.15, 0.2) is 77.3 Å². The molecule has 0 radical (unpaired) electrons. The molecule has 0 amide bonds. The molecule has 2 aromatic heterocycles. The second-order valence-electron chi connectivity index (χ2n) is 9.39. The first-order valence-electron chi connectivity index (χ1n) is 13.0. The first-order chi connectivity index (χ1) is 20.4. The number of rotatable bonds is 10. The molecule has 0 aliphatic carbocycles. The van der Waals surface area contributed by atoms with Gasteiger partial charge in [-0.15, -0.1) is 0 Å². The molecule has 0 spiro atoms. The number of carbonyl (C=O) groups excluding carboxylic acids is 1. The SMILES string of the molecule is [C-]#[N+]c1ccc(COc2cccc(-c3ccc(Cc4nc5ccc(C(=O)OC)cc5n4CCOC)c(Br)c3)n2)c(F)c1. The van der Waals surface area contributed by atoms with Gasteiger partial charge in [-0.1, -0.05) is 46.3 Å². The maximum absolute atomic E-state index is 14.3. The lowest BCUT2D eigenvalue weighted by Gasteiger charge is -2.12. The zero-order valence-corrected chi connectivity index (χ0v) is 24.5. The Morgan fingerprint density at radius 2 is 1.86 bits per heavy atom. The number of aromatic nitrogens is 3. The van der Waals surface area contributed by atoms with E-state index in [1.54, 1.807) is 37.4 Å². The fraction of sp³-hybridized carbons (Fsp3) is 0.188. The van der Waals surface area contributed by atoms with E-state index in [1.165, 1.54) is 13.2 Å². The zero-order valence-electron chi connectivity index (χ0n) is 22.9. The smallest absolute Gasteiger partial charge is 0.337 e. The van der Waals surface area contributed by atoms with Crippen LogP contribution in [0.1, 0.15) is 27.3 Å². The maximum Gasteiger partial charge on any atom is 0.337 e. The summed E-state index contributed by atoms with van der Waals surface area (Å²) in [6, 6.07) is 21.0. The normalized spacial score (nSPS) is 10.9. The van der Waals surface area contributed by atoms with E-state index >= 15 is 0 Å². The minimum atomic E-state index is -0.487. The molecule has 10 heteroatoms. The number of ether oxygens (including phenoxy) is 3. The first kappa shape index (κ1) is 28.9. The van der Waals surface area contributed by atoms with Gasteiger partial charge in [0, 0.05) is 41.7 Å². The van der Waals surface area contributed by atoms with Gasteiger partial charge in [0.1, 0.15) is 18.2 Å². The van der Waals surface area contributed by atoms with Gasteiger partial charge in [0.05, 0.1) is 42.6 Å². The van der Waals surface area contributed by atoms with Crippen LogP contribution >= 0.6 is 15.9 Å². The Balaban J connectivity index is 1.37. The number of hydrogen-bond acceptors (Lipinski definition) is 6. The van der Waals surface area contributed by atoms with Crippen molar-refractivity contribution in [3.8, 4) is 17.1 Å². The van der Waals surface area contributed by atoms with E-state index in [9.17, 15) is 9.18 Å². The quantitative estimate of drug-likeness (QED) is 0.121. The Bertz CT molecular complexity index is 1810. The Morgan fingerprint density at radius 1 is 1.02 bits per heavy atom. The summed E-state index contributed by atoms with van der Waals surface area (Å²) < 4.78 is 33.2. The molecule has 0 N–H and O–H groups in total. The molecule has 0 aliphatic heterocycles. The maximum atomic E-state index is 14.3. The average molecular weight is 629 g/mol. The summed E-state index contributed by atoms with van der Waals surface area (Å²) in [5, 5.41) is 0. The number of benzene rings is 3. The van der Waals surface area contributed by atoms with Crippen molar-refractivity contribution in [2.75, 3.05) is 20.8 Å². The number of imidazole rings is 1. The number of carbonyl (C=O) groups is 1. The van der Waals surface area contributed by atoms with Gasteiger partial charge < -0.3 is 18.8 Å². The van der Waals surface area contributed by atoms with Crippen LogP contribution in [0, 0.1) is 12.4 Å². The molecule has 0 bridgehead atoms. The third-order valence-corrected chi connectivity index (χ3v) is 7.47. The second kappa shape index (κ2) is 12.9. The van der Waals surface area contributed by atoms with Gasteiger partial charge in [-0.2, -0.15) is 0 Å². The Hall–Kier alpha value is -4.59. The van der Waals surface area contributed by atoms with Crippen LogP contribution in [-0.4, -0.2) is 41.3 Å². The lowest BCUT2D eigenvalue weighted by Crippen LogP contribution is -2.09. The number of methoxy groups -OCH3 is 2. The number of esters is 1. The molecule has 0 aliphatic rings. The van der Waals surface area contributed by atoms with E-state index in [0.29, 0.717) is 42.3 Å².